The SMILES string of the molecule is CCCCN1CC2O[C@@H](COC[C@@H]3C4CN(C1=N)C(N)=[N+](CCCC)CC1O[C@@H](O)C(O)[C@H](O)[C@H]1OC[C@H](O4)C(O)[C@@H]3O)C(O)[C@H](O)[C@@H]2CO. The first-order chi connectivity index (χ1) is 23.9. The molecule has 0 radical (unpaired) electrons. The lowest BCUT2D eigenvalue weighted by atomic mass is 9.86. The molecule has 288 valence electrons. The van der Waals surface area contributed by atoms with E-state index < -0.39 is 98.0 Å². The van der Waals surface area contributed by atoms with Gasteiger partial charge in [0, 0.05) is 24.9 Å². The molecule has 0 aromatic heterocycles. The summed E-state index contributed by atoms with van der Waals surface area (Å²) in [7, 11) is 0. The number of hydrogen-bond acceptors (Lipinski definition) is 15. The van der Waals surface area contributed by atoms with E-state index in [0.717, 1.165) is 12.8 Å². The number of nitrogens with zero attached hydrogens (tertiary/aromatic N) is 3. The quantitative estimate of drug-likeness (QED) is 0.111. The van der Waals surface area contributed by atoms with Gasteiger partial charge in [0.15, 0.2) is 6.29 Å². The van der Waals surface area contributed by atoms with E-state index in [4.69, 9.17) is 29.4 Å². The Kier molecular flexibility index (Phi) is 13.7. The van der Waals surface area contributed by atoms with Crippen molar-refractivity contribution in [3.8, 4) is 0 Å². The van der Waals surface area contributed by atoms with E-state index in [1.165, 1.54) is 0 Å². The average molecular weight is 721 g/mol. The summed E-state index contributed by atoms with van der Waals surface area (Å²) in [5.41, 5.74) is 7.00. The fourth-order valence-corrected chi connectivity index (χ4v) is 7.59. The summed E-state index contributed by atoms with van der Waals surface area (Å²) in [5, 5.41) is 96.6. The van der Waals surface area contributed by atoms with Crippen LogP contribution in [0.2, 0.25) is 0 Å². The molecule has 0 spiro atoms. The summed E-state index contributed by atoms with van der Waals surface area (Å²) in [6.07, 6.45) is -13.7. The Balaban J connectivity index is 1.63. The number of guanidine groups is 2. The van der Waals surface area contributed by atoms with Crippen LogP contribution >= 0.6 is 0 Å². The topological polar surface area (TPSA) is 267 Å². The molecule has 15 atom stereocenters. The van der Waals surface area contributed by atoms with E-state index in [1.807, 2.05) is 13.8 Å². The number of nitrogens with one attached hydrogen (secondary N) is 1. The molecule has 50 heavy (non-hydrogen) atoms. The standard InChI is InChI=1S/C32H57N5O13/c1-3-5-7-35-9-18-16(12-38)23(39)25(41)21(48-18)14-46-13-17-19-11-37(31(35)33)32(34)36(8-6-4-2)10-20-29(27(43)28(44)30(45)50-20)47-15-22(49-19)26(42)24(17)40/h16-30,33-34,38-45H,3-15H2,1-2H3/p+1/t16-,17-,18?,19?,20?,21+,22+,23-,24-,25?,26?,27+,28?,29+,30-/m1/s1. The van der Waals surface area contributed by atoms with Crippen molar-refractivity contribution >= 4 is 11.9 Å². The van der Waals surface area contributed by atoms with Crippen LogP contribution in [0.15, 0.2) is 0 Å². The molecule has 0 saturated carbocycles. The van der Waals surface area contributed by atoms with Crippen molar-refractivity contribution in [3.63, 3.8) is 0 Å². The molecule has 0 aromatic rings. The van der Waals surface area contributed by atoms with Gasteiger partial charge in [0.2, 0.25) is 0 Å². The van der Waals surface area contributed by atoms with Crippen molar-refractivity contribution in [2.24, 2.45) is 17.6 Å². The summed E-state index contributed by atoms with van der Waals surface area (Å²) < 4.78 is 32.2. The van der Waals surface area contributed by atoms with Gasteiger partial charge in [0.05, 0.1) is 63.9 Å². The van der Waals surface area contributed by atoms with E-state index >= 15 is 0 Å². The maximum Gasteiger partial charge on any atom is 0.353 e. The lowest BCUT2D eigenvalue weighted by molar-refractivity contribution is -0.550. The first-order valence-electron chi connectivity index (χ1n) is 17.9. The molecule has 4 saturated heterocycles. The van der Waals surface area contributed by atoms with Gasteiger partial charge in [-0.15, -0.1) is 0 Å². The fraction of sp³-hybridized carbons (Fsp3) is 0.938. The lowest BCUT2D eigenvalue weighted by Crippen LogP contribution is -2.65. The van der Waals surface area contributed by atoms with Gasteiger partial charge >= 0.3 is 5.96 Å². The Labute approximate surface area is 292 Å². The van der Waals surface area contributed by atoms with Gasteiger partial charge < -0.3 is 69.4 Å². The predicted octanol–water partition coefficient (Wildman–Crippen LogP) is -4.48. The third-order valence-electron chi connectivity index (χ3n) is 10.8. The molecule has 5 aliphatic heterocycles. The molecule has 11 N–H and O–H groups in total. The van der Waals surface area contributed by atoms with Crippen LogP contribution in [0.4, 0.5) is 0 Å². The number of nitrogens with two attached hydrogens (primary N) is 1. The summed E-state index contributed by atoms with van der Waals surface area (Å²) in [4.78, 5) is 3.28. The maximum absolute atomic E-state index is 11.5. The highest BCUT2D eigenvalue weighted by Crippen LogP contribution is 2.33. The Bertz CT molecular complexity index is 1160. The summed E-state index contributed by atoms with van der Waals surface area (Å²) in [6, 6.07) is 0. The van der Waals surface area contributed by atoms with E-state index in [9.17, 15) is 46.3 Å². The van der Waals surface area contributed by atoms with Gasteiger partial charge in [-0.05, 0) is 12.8 Å². The Morgan fingerprint density at radius 1 is 0.760 bits per heavy atom. The molecule has 5 aliphatic rings. The molecule has 5 heterocycles. The van der Waals surface area contributed by atoms with Gasteiger partial charge in [-0.3, -0.25) is 15.7 Å². The molecular weight excluding hydrogens is 662 g/mol. The third-order valence-corrected chi connectivity index (χ3v) is 10.8. The minimum atomic E-state index is -1.72. The van der Waals surface area contributed by atoms with Gasteiger partial charge in [0.1, 0.15) is 55.4 Å². The number of hydrogen-bond donors (Lipinski definition) is 10. The van der Waals surface area contributed by atoms with Crippen LogP contribution in [0.5, 0.6) is 0 Å². The third kappa shape index (κ3) is 8.22. The molecule has 18 nitrogen and oxygen atoms in total. The van der Waals surface area contributed by atoms with Crippen molar-refractivity contribution in [3.05, 3.63) is 0 Å². The summed E-state index contributed by atoms with van der Waals surface area (Å²) in [5.74, 6) is -1.68. The Morgan fingerprint density at radius 2 is 1.44 bits per heavy atom. The normalized spacial score (nSPS) is 43.6. The van der Waals surface area contributed by atoms with Crippen molar-refractivity contribution in [1.29, 1.82) is 5.41 Å². The van der Waals surface area contributed by atoms with Crippen molar-refractivity contribution < 1.29 is 69.1 Å². The van der Waals surface area contributed by atoms with Crippen LogP contribution < -0.4 is 5.73 Å². The fourth-order valence-electron chi connectivity index (χ4n) is 7.59. The minimum Gasteiger partial charge on any atom is -0.396 e. The molecule has 18 heteroatoms. The molecular formula is C32H58N5O13+. The molecule has 5 bridgehead atoms. The molecule has 5 rings (SSSR count). The van der Waals surface area contributed by atoms with Crippen molar-refractivity contribution in [1.82, 2.24) is 9.80 Å². The second-order valence-corrected chi connectivity index (χ2v) is 14.2. The van der Waals surface area contributed by atoms with Gasteiger partial charge in [-0.1, -0.05) is 26.7 Å². The molecule has 0 aromatic carbocycles. The summed E-state index contributed by atoms with van der Waals surface area (Å²) >= 11 is 0. The second kappa shape index (κ2) is 17.4. The zero-order valence-electron chi connectivity index (χ0n) is 28.9. The number of ether oxygens (including phenoxy) is 5. The Hall–Kier alpha value is -1.78. The number of rotatable bonds is 7. The number of fused-ring (bicyclic) bond motifs is 5. The average Bonchev–Trinajstić information content (AvgIpc) is 3.10. The zero-order chi connectivity index (χ0) is 36.3. The number of aliphatic hydroxyl groups is 8. The first kappa shape index (κ1) is 39.4. The smallest absolute Gasteiger partial charge is 0.353 e. The van der Waals surface area contributed by atoms with Crippen LogP contribution in [0.25, 0.3) is 0 Å². The monoisotopic (exact) mass is 720 g/mol. The maximum atomic E-state index is 11.5. The van der Waals surface area contributed by atoms with Gasteiger partial charge in [-0.2, -0.15) is 4.90 Å². The van der Waals surface area contributed by atoms with Crippen LogP contribution in [-0.2, 0) is 23.7 Å². The van der Waals surface area contributed by atoms with E-state index in [1.54, 1.807) is 14.4 Å². The van der Waals surface area contributed by atoms with Crippen LogP contribution in [0.3, 0.4) is 0 Å². The van der Waals surface area contributed by atoms with Gasteiger partial charge in [0.25, 0.3) is 5.96 Å². The predicted molar refractivity (Wildman–Crippen MR) is 174 cm³/mol. The lowest BCUT2D eigenvalue weighted by Gasteiger charge is -2.46. The highest BCUT2D eigenvalue weighted by atomic mass is 16.7. The molecule has 6 unspecified atom stereocenters. The van der Waals surface area contributed by atoms with Crippen LogP contribution in [-0.4, -0.2) is 206 Å². The first-order valence-corrected chi connectivity index (χ1v) is 17.9. The van der Waals surface area contributed by atoms with E-state index in [-0.39, 0.29) is 51.4 Å². The van der Waals surface area contributed by atoms with Crippen molar-refractivity contribution in [2.75, 3.05) is 59.2 Å². The van der Waals surface area contributed by atoms with Crippen LogP contribution in [0, 0.1) is 17.2 Å². The number of unbranched alkanes of at least 4 members (excludes halogenated alkanes) is 2. The highest BCUT2D eigenvalue weighted by Gasteiger charge is 2.52. The molecule has 0 aliphatic carbocycles. The van der Waals surface area contributed by atoms with E-state index in [2.05, 4.69) is 0 Å². The van der Waals surface area contributed by atoms with E-state index in [0.29, 0.717) is 25.9 Å². The molecule has 0 amide bonds. The highest BCUT2D eigenvalue weighted by molar-refractivity contribution is 5.94. The second-order valence-electron chi connectivity index (χ2n) is 14.2. The summed E-state index contributed by atoms with van der Waals surface area (Å²) in [6.45, 7) is 3.63. The van der Waals surface area contributed by atoms with Crippen LogP contribution in [0.1, 0.15) is 39.5 Å². The van der Waals surface area contributed by atoms with Crippen molar-refractivity contribution in [2.45, 2.75) is 119 Å². The Morgan fingerprint density at radius 3 is 2.14 bits per heavy atom. The number of aliphatic hydroxyl groups excluding tert-OH is 8. The molecule has 4 fully saturated rings. The largest absolute Gasteiger partial charge is 0.396 e. The minimum absolute atomic E-state index is 0.00588. The van der Waals surface area contributed by atoms with Gasteiger partial charge in [-0.25, -0.2) is 0 Å². The zero-order valence-corrected chi connectivity index (χ0v) is 28.9.